The fourth-order valence-corrected chi connectivity index (χ4v) is 5.85. The summed E-state index contributed by atoms with van der Waals surface area (Å²) >= 11 is 0. The van der Waals surface area contributed by atoms with E-state index in [0.29, 0.717) is 19.6 Å². The lowest BCUT2D eigenvalue weighted by molar-refractivity contribution is 0.171. The lowest BCUT2D eigenvalue weighted by Crippen LogP contribution is -2.45. The first-order chi connectivity index (χ1) is 17.6. The smallest absolute Gasteiger partial charge is 0.329 e. The Labute approximate surface area is 213 Å². The molecule has 3 aromatic rings. The average molecular weight is 490 g/mol. The molecular formula is C29H39N5O2. The van der Waals surface area contributed by atoms with Crippen molar-refractivity contribution >= 4 is 17.1 Å². The second-order valence-corrected chi connectivity index (χ2v) is 10.4. The van der Waals surface area contributed by atoms with Crippen molar-refractivity contribution in [2.24, 2.45) is 0 Å². The summed E-state index contributed by atoms with van der Waals surface area (Å²) in [5.41, 5.74) is 4.46. The highest BCUT2D eigenvalue weighted by molar-refractivity contribution is 5.76. The van der Waals surface area contributed by atoms with Crippen LogP contribution in [0.4, 0.5) is 4.79 Å². The largest absolute Gasteiger partial charge is 0.334 e. The first-order valence-electron chi connectivity index (χ1n) is 13.6. The number of benzene rings is 2. The molecule has 192 valence electrons. The summed E-state index contributed by atoms with van der Waals surface area (Å²) in [5, 5.41) is 3.07. The summed E-state index contributed by atoms with van der Waals surface area (Å²) < 4.78 is 3.97. The molecule has 0 spiro atoms. The SMILES string of the molecule is Cc1ccccc1CNC(=O)N1CCC(n2c(=O)n(CCCN3CCCCC3)c3ccccc32)CC1. The lowest BCUT2D eigenvalue weighted by Gasteiger charge is -2.32. The van der Waals surface area contributed by atoms with E-state index in [1.807, 2.05) is 38.3 Å². The topological polar surface area (TPSA) is 62.5 Å². The van der Waals surface area contributed by atoms with Gasteiger partial charge in [-0.1, -0.05) is 42.8 Å². The van der Waals surface area contributed by atoms with Crippen LogP contribution in [0, 0.1) is 6.92 Å². The van der Waals surface area contributed by atoms with Crippen LogP contribution in [-0.2, 0) is 13.1 Å². The van der Waals surface area contributed by atoms with E-state index >= 15 is 0 Å². The van der Waals surface area contributed by atoms with Crippen LogP contribution in [0.2, 0.25) is 0 Å². The van der Waals surface area contributed by atoms with E-state index in [2.05, 4.69) is 41.4 Å². The number of piperidine rings is 2. The molecule has 7 nitrogen and oxygen atoms in total. The molecule has 0 saturated carbocycles. The maximum absolute atomic E-state index is 13.6. The van der Waals surface area contributed by atoms with E-state index in [1.165, 1.54) is 37.9 Å². The quantitative estimate of drug-likeness (QED) is 0.530. The van der Waals surface area contributed by atoms with Crippen molar-refractivity contribution in [3.05, 3.63) is 70.1 Å². The minimum Gasteiger partial charge on any atom is -0.334 e. The first kappa shape index (κ1) is 24.6. The van der Waals surface area contributed by atoms with Gasteiger partial charge in [-0.3, -0.25) is 9.13 Å². The third-order valence-corrected chi connectivity index (χ3v) is 7.98. The number of hydrogen-bond donors (Lipinski definition) is 1. The van der Waals surface area contributed by atoms with Gasteiger partial charge in [0.25, 0.3) is 0 Å². The molecule has 1 aromatic heterocycles. The van der Waals surface area contributed by atoms with E-state index < -0.39 is 0 Å². The molecule has 0 unspecified atom stereocenters. The molecule has 36 heavy (non-hydrogen) atoms. The highest BCUT2D eigenvalue weighted by Crippen LogP contribution is 2.26. The van der Waals surface area contributed by atoms with Gasteiger partial charge in [0, 0.05) is 32.2 Å². The summed E-state index contributed by atoms with van der Waals surface area (Å²) in [6.07, 6.45) is 6.51. The van der Waals surface area contributed by atoms with Gasteiger partial charge in [-0.2, -0.15) is 0 Å². The Morgan fingerprint density at radius 3 is 2.33 bits per heavy atom. The van der Waals surface area contributed by atoms with Crippen LogP contribution in [0.15, 0.2) is 53.3 Å². The number of imidazole rings is 1. The molecule has 0 bridgehead atoms. The maximum atomic E-state index is 13.6. The number of aryl methyl sites for hydroxylation is 2. The summed E-state index contributed by atoms with van der Waals surface area (Å²) in [4.78, 5) is 30.8. The molecule has 2 saturated heterocycles. The fourth-order valence-electron chi connectivity index (χ4n) is 5.85. The molecule has 1 N–H and O–H groups in total. The second-order valence-electron chi connectivity index (χ2n) is 10.4. The van der Waals surface area contributed by atoms with Gasteiger partial charge >= 0.3 is 11.7 Å². The number of aromatic nitrogens is 2. The minimum absolute atomic E-state index is 0.0239. The second kappa shape index (κ2) is 11.3. The molecule has 2 aromatic carbocycles. The third kappa shape index (κ3) is 5.36. The molecule has 2 amide bonds. The summed E-state index contributed by atoms with van der Waals surface area (Å²) in [6.45, 7) is 8.10. The molecule has 2 aliphatic rings. The van der Waals surface area contributed by atoms with Crippen LogP contribution in [0.25, 0.3) is 11.0 Å². The van der Waals surface area contributed by atoms with Crippen LogP contribution in [0.3, 0.4) is 0 Å². The Morgan fingerprint density at radius 1 is 0.889 bits per heavy atom. The monoisotopic (exact) mass is 489 g/mol. The predicted octanol–water partition coefficient (Wildman–Crippen LogP) is 4.53. The van der Waals surface area contributed by atoms with E-state index in [4.69, 9.17) is 0 Å². The van der Waals surface area contributed by atoms with Gasteiger partial charge in [0.2, 0.25) is 0 Å². The number of likely N-dealkylation sites (tertiary alicyclic amines) is 2. The normalized spacial score (nSPS) is 17.5. The average Bonchev–Trinajstić information content (AvgIpc) is 3.20. The molecule has 0 aliphatic carbocycles. The van der Waals surface area contributed by atoms with Gasteiger partial charge in [-0.05, 0) is 81.9 Å². The number of rotatable bonds is 7. The van der Waals surface area contributed by atoms with Crippen molar-refractivity contribution in [3.63, 3.8) is 0 Å². The fraction of sp³-hybridized carbons (Fsp3) is 0.517. The van der Waals surface area contributed by atoms with Crippen molar-refractivity contribution in [1.82, 2.24) is 24.3 Å². The first-order valence-corrected chi connectivity index (χ1v) is 13.6. The zero-order chi connectivity index (χ0) is 24.9. The highest BCUT2D eigenvalue weighted by Gasteiger charge is 2.27. The number of carbonyl (C=O) groups is 1. The number of hydrogen-bond acceptors (Lipinski definition) is 3. The number of nitrogens with zero attached hydrogens (tertiary/aromatic N) is 4. The standard InChI is InChI=1S/C29H39N5O2/c1-23-10-3-4-11-24(23)22-30-28(35)32-20-14-25(15-21-32)34-27-13-6-5-12-26(27)33(29(34)36)19-9-18-31-16-7-2-8-17-31/h3-6,10-13,25H,2,7-9,14-22H2,1H3,(H,30,35). The molecular weight excluding hydrogens is 450 g/mol. The molecule has 0 radical (unpaired) electrons. The van der Waals surface area contributed by atoms with E-state index in [1.54, 1.807) is 0 Å². The van der Waals surface area contributed by atoms with Crippen LogP contribution < -0.4 is 11.0 Å². The molecule has 3 heterocycles. The van der Waals surface area contributed by atoms with Gasteiger partial charge in [0.05, 0.1) is 11.0 Å². The number of fused-ring (bicyclic) bond motifs is 1. The Balaban J connectivity index is 1.22. The molecule has 2 fully saturated rings. The Bertz CT molecular complexity index is 1230. The van der Waals surface area contributed by atoms with E-state index in [-0.39, 0.29) is 17.8 Å². The summed E-state index contributed by atoms with van der Waals surface area (Å²) in [6, 6.07) is 16.4. The van der Waals surface area contributed by atoms with Gasteiger partial charge < -0.3 is 15.1 Å². The lowest BCUT2D eigenvalue weighted by atomic mass is 10.0. The van der Waals surface area contributed by atoms with Gasteiger partial charge in [-0.25, -0.2) is 9.59 Å². The molecule has 2 aliphatic heterocycles. The van der Waals surface area contributed by atoms with Crippen molar-refractivity contribution in [3.8, 4) is 0 Å². The number of urea groups is 1. The van der Waals surface area contributed by atoms with Crippen molar-refractivity contribution < 1.29 is 4.79 Å². The number of nitrogens with one attached hydrogen (secondary N) is 1. The van der Waals surface area contributed by atoms with Crippen LogP contribution >= 0.6 is 0 Å². The Morgan fingerprint density at radius 2 is 1.58 bits per heavy atom. The number of carbonyl (C=O) groups excluding carboxylic acids is 1. The van der Waals surface area contributed by atoms with Crippen LogP contribution in [0.1, 0.15) is 55.7 Å². The summed E-state index contributed by atoms with van der Waals surface area (Å²) in [7, 11) is 0. The van der Waals surface area contributed by atoms with Crippen LogP contribution in [0.5, 0.6) is 0 Å². The van der Waals surface area contributed by atoms with E-state index in [0.717, 1.165) is 48.9 Å². The molecule has 5 rings (SSSR count). The zero-order valence-electron chi connectivity index (χ0n) is 21.5. The van der Waals surface area contributed by atoms with E-state index in [9.17, 15) is 9.59 Å². The Kier molecular flexibility index (Phi) is 7.75. The molecule has 7 heteroatoms. The summed E-state index contributed by atoms with van der Waals surface area (Å²) in [5.74, 6) is 0. The zero-order valence-corrected chi connectivity index (χ0v) is 21.5. The minimum atomic E-state index is -0.0239. The third-order valence-electron chi connectivity index (χ3n) is 7.98. The van der Waals surface area contributed by atoms with Gasteiger partial charge in [0.15, 0.2) is 0 Å². The molecule has 0 atom stereocenters. The Hall–Kier alpha value is -3.06. The highest BCUT2D eigenvalue weighted by atomic mass is 16.2. The van der Waals surface area contributed by atoms with Gasteiger partial charge in [-0.15, -0.1) is 0 Å². The predicted molar refractivity (Wildman–Crippen MR) is 144 cm³/mol. The van der Waals surface area contributed by atoms with Crippen molar-refractivity contribution in [1.29, 1.82) is 0 Å². The number of amides is 2. The van der Waals surface area contributed by atoms with Crippen LogP contribution in [-0.4, -0.2) is 57.7 Å². The maximum Gasteiger partial charge on any atom is 0.329 e. The number of para-hydroxylation sites is 2. The van der Waals surface area contributed by atoms with Gasteiger partial charge in [0.1, 0.15) is 0 Å². The van der Waals surface area contributed by atoms with Crippen molar-refractivity contribution in [2.45, 2.75) is 64.6 Å². The van der Waals surface area contributed by atoms with Crippen molar-refractivity contribution in [2.75, 3.05) is 32.7 Å².